The van der Waals surface area contributed by atoms with Gasteiger partial charge in [0.25, 0.3) is 0 Å². The summed E-state index contributed by atoms with van der Waals surface area (Å²) in [7, 11) is 0. The lowest BCUT2D eigenvalue weighted by atomic mass is 10.0. The minimum Gasteiger partial charge on any atom is -0.462 e. The van der Waals surface area contributed by atoms with E-state index in [0.717, 1.165) is 83.5 Å². The molecule has 0 N–H and O–H groups in total. The fraction of sp³-hybridized carbons (Fsp3) is 0.823. The first kappa shape index (κ1) is 65.4. The minimum absolute atomic E-state index is 0.0688. The molecule has 0 spiro atoms. The van der Waals surface area contributed by atoms with Crippen LogP contribution in [0.15, 0.2) is 48.6 Å². The molecule has 0 aromatic heterocycles. The van der Waals surface area contributed by atoms with E-state index < -0.39 is 6.10 Å². The maximum Gasteiger partial charge on any atom is 0.306 e. The molecule has 396 valence electrons. The highest BCUT2D eigenvalue weighted by atomic mass is 16.6. The van der Waals surface area contributed by atoms with Crippen molar-refractivity contribution in [2.45, 2.75) is 316 Å². The summed E-state index contributed by atoms with van der Waals surface area (Å²) in [5, 5.41) is 0. The van der Waals surface area contributed by atoms with Crippen LogP contribution in [-0.2, 0) is 28.6 Å². The first-order valence-electron chi connectivity index (χ1n) is 29.6. The van der Waals surface area contributed by atoms with Gasteiger partial charge in [-0.15, -0.1) is 0 Å². The number of allylic oxidation sites excluding steroid dienone is 8. The molecule has 0 aliphatic heterocycles. The number of esters is 3. The number of unbranched alkanes of at least 4 members (excludes halogenated alkanes) is 35. The molecule has 1 unspecified atom stereocenters. The Hall–Kier alpha value is -2.63. The Kier molecular flexibility index (Phi) is 54.8. The van der Waals surface area contributed by atoms with Crippen molar-refractivity contribution < 1.29 is 28.6 Å². The van der Waals surface area contributed by atoms with Gasteiger partial charge in [0.15, 0.2) is 6.10 Å². The lowest BCUT2D eigenvalue weighted by Gasteiger charge is -2.18. The summed E-state index contributed by atoms with van der Waals surface area (Å²) in [6.07, 6.45) is 69.8. The average molecular weight is 954 g/mol. The molecule has 1 atom stereocenters. The molecule has 0 saturated heterocycles. The summed E-state index contributed by atoms with van der Waals surface area (Å²) in [5.74, 6) is -0.858. The van der Waals surface area contributed by atoms with Crippen molar-refractivity contribution >= 4 is 17.9 Å². The lowest BCUT2D eigenvalue weighted by Crippen LogP contribution is -2.30. The van der Waals surface area contributed by atoms with E-state index in [-0.39, 0.29) is 31.1 Å². The summed E-state index contributed by atoms with van der Waals surface area (Å²) in [5.41, 5.74) is 0. The van der Waals surface area contributed by atoms with E-state index in [4.69, 9.17) is 14.2 Å². The smallest absolute Gasteiger partial charge is 0.306 e. The summed E-state index contributed by atoms with van der Waals surface area (Å²) >= 11 is 0. The van der Waals surface area contributed by atoms with Crippen molar-refractivity contribution in [2.75, 3.05) is 13.2 Å². The molecule has 0 fully saturated rings. The highest BCUT2D eigenvalue weighted by Crippen LogP contribution is 2.17. The molecule has 6 heteroatoms. The van der Waals surface area contributed by atoms with Gasteiger partial charge in [-0.3, -0.25) is 14.4 Å². The molecular formula is C62H112O6. The van der Waals surface area contributed by atoms with Crippen molar-refractivity contribution in [3.63, 3.8) is 0 Å². The fourth-order valence-electron chi connectivity index (χ4n) is 8.67. The van der Waals surface area contributed by atoms with Crippen LogP contribution in [-0.4, -0.2) is 37.2 Å². The first-order chi connectivity index (χ1) is 33.5. The van der Waals surface area contributed by atoms with Crippen LogP contribution in [0.2, 0.25) is 0 Å². The van der Waals surface area contributed by atoms with Crippen molar-refractivity contribution in [3.05, 3.63) is 48.6 Å². The van der Waals surface area contributed by atoms with E-state index in [1.165, 1.54) is 186 Å². The number of hydrogen-bond donors (Lipinski definition) is 0. The fourth-order valence-corrected chi connectivity index (χ4v) is 8.67. The molecule has 0 aliphatic carbocycles. The molecule has 0 amide bonds. The van der Waals surface area contributed by atoms with E-state index in [2.05, 4.69) is 69.4 Å². The highest BCUT2D eigenvalue weighted by molar-refractivity contribution is 5.71. The third-order valence-electron chi connectivity index (χ3n) is 13.1. The number of hydrogen-bond acceptors (Lipinski definition) is 6. The second-order valence-corrected chi connectivity index (χ2v) is 19.9. The monoisotopic (exact) mass is 953 g/mol. The van der Waals surface area contributed by atoms with Gasteiger partial charge in [-0.2, -0.15) is 0 Å². The van der Waals surface area contributed by atoms with Gasteiger partial charge in [-0.1, -0.05) is 281 Å². The van der Waals surface area contributed by atoms with Gasteiger partial charge < -0.3 is 14.2 Å². The van der Waals surface area contributed by atoms with E-state index in [9.17, 15) is 14.4 Å². The van der Waals surface area contributed by atoms with Gasteiger partial charge in [0.2, 0.25) is 0 Å². The van der Waals surface area contributed by atoms with E-state index in [0.29, 0.717) is 19.3 Å². The molecule has 0 rings (SSSR count). The quantitative estimate of drug-likeness (QED) is 0.0262. The standard InChI is InChI=1S/C62H112O6/c1-4-7-10-13-16-19-21-23-25-27-28-29-30-31-32-33-34-36-37-39-41-43-46-49-52-55-61(64)67-58-59(57-66-60(63)54-51-48-45-18-15-12-9-6-3)68-62(65)56-53-50-47-44-42-40-38-35-26-24-22-20-17-14-11-8-5-2/h7,10,16,19,23,25,28-29,59H,4-6,8-9,11-15,17-18,20-22,24,26-27,30-58H2,1-3H3/b10-7-,19-16-,25-23-,29-28-. The summed E-state index contributed by atoms with van der Waals surface area (Å²) < 4.78 is 16.8. The van der Waals surface area contributed by atoms with Crippen LogP contribution in [0, 0.1) is 0 Å². The van der Waals surface area contributed by atoms with Gasteiger partial charge >= 0.3 is 17.9 Å². The number of ether oxygens (including phenoxy) is 3. The van der Waals surface area contributed by atoms with Crippen LogP contribution in [0.4, 0.5) is 0 Å². The third-order valence-corrected chi connectivity index (χ3v) is 13.1. The van der Waals surface area contributed by atoms with Gasteiger partial charge in [0.1, 0.15) is 13.2 Å². The van der Waals surface area contributed by atoms with Crippen LogP contribution in [0.5, 0.6) is 0 Å². The van der Waals surface area contributed by atoms with E-state index in [1.807, 2.05) is 0 Å². The van der Waals surface area contributed by atoms with Gasteiger partial charge in [0.05, 0.1) is 0 Å². The Morgan fingerprint density at radius 2 is 0.574 bits per heavy atom. The molecule has 0 aliphatic rings. The molecule has 0 aromatic carbocycles. The number of carbonyl (C=O) groups excluding carboxylic acids is 3. The SMILES string of the molecule is CC/C=C\C/C=C\C/C=C\C/C=C\CCCCCCCCCCCCCCC(=O)OCC(COC(=O)CCCCCCCCCC)OC(=O)CCCCCCCCCCCCCCCCCCC. The molecule has 0 saturated carbocycles. The van der Waals surface area contributed by atoms with Gasteiger partial charge in [-0.25, -0.2) is 0 Å². The Bertz CT molecular complexity index is 1190. The Morgan fingerprint density at radius 1 is 0.309 bits per heavy atom. The molecule has 0 aromatic rings. The van der Waals surface area contributed by atoms with Crippen molar-refractivity contribution in [1.82, 2.24) is 0 Å². The maximum absolute atomic E-state index is 12.8. The Balaban J connectivity index is 4.16. The Morgan fingerprint density at radius 3 is 0.897 bits per heavy atom. The second kappa shape index (κ2) is 57.0. The third kappa shape index (κ3) is 54.3. The zero-order valence-corrected chi connectivity index (χ0v) is 45.4. The van der Waals surface area contributed by atoms with Crippen LogP contribution in [0.1, 0.15) is 310 Å². The molecule has 68 heavy (non-hydrogen) atoms. The van der Waals surface area contributed by atoms with Crippen molar-refractivity contribution in [3.8, 4) is 0 Å². The highest BCUT2D eigenvalue weighted by Gasteiger charge is 2.19. The molecular weight excluding hydrogens is 841 g/mol. The Labute approximate surface area is 422 Å². The number of rotatable bonds is 54. The molecule has 0 bridgehead atoms. The molecule has 0 radical (unpaired) electrons. The topological polar surface area (TPSA) is 78.9 Å². The normalized spacial score (nSPS) is 12.3. The first-order valence-corrected chi connectivity index (χ1v) is 29.6. The predicted octanol–water partition coefficient (Wildman–Crippen LogP) is 19.8. The largest absolute Gasteiger partial charge is 0.462 e. The summed E-state index contributed by atoms with van der Waals surface area (Å²) in [4.78, 5) is 38.0. The molecule has 6 nitrogen and oxygen atoms in total. The number of carbonyl (C=O) groups is 3. The van der Waals surface area contributed by atoms with E-state index in [1.54, 1.807) is 0 Å². The van der Waals surface area contributed by atoms with Gasteiger partial charge in [0, 0.05) is 19.3 Å². The van der Waals surface area contributed by atoms with Gasteiger partial charge in [-0.05, 0) is 57.8 Å². The zero-order chi connectivity index (χ0) is 49.3. The summed E-state index contributed by atoms with van der Waals surface area (Å²) in [6.45, 7) is 6.54. The lowest BCUT2D eigenvalue weighted by molar-refractivity contribution is -0.167. The van der Waals surface area contributed by atoms with E-state index >= 15 is 0 Å². The second-order valence-electron chi connectivity index (χ2n) is 19.9. The van der Waals surface area contributed by atoms with Crippen molar-refractivity contribution in [2.24, 2.45) is 0 Å². The van der Waals surface area contributed by atoms with Crippen LogP contribution in [0.25, 0.3) is 0 Å². The zero-order valence-electron chi connectivity index (χ0n) is 45.4. The summed E-state index contributed by atoms with van der Waals surface area (Å²) in [6, 6.07) is 0. The minimum atomic E-state index is -0.768. The predicted molar refractivity (Wildman–Crippen MR) is 293 cm³/mol. The molecule has 0 heterocycles. The van der Waals surface area contributed by atoms with Crippen LogP contribution >= 0.6 is 0 Å². The van der Waals surface area contributed by atoms with Crippen LogP contribution < -0.4 is 0 Å². The maximum atomic E-state index is 12.8. The average Bonchev–Trinajstić information content (AvgIpc) is 3.34. The van der Waals surface area contributed by atoms with Crippen LogP contribution in [0.3, 0.4) is 0 Å². The van der Waals surface area contributed by atoms with Crippen molar-refractivity contribution in [1.29, 1.82) is 0 Å².